The lowest BCUT2D eigenvalue weighted by Gasteiger charge is -2.35. The molecule has 0 radical (unpaired) electrons. The van der Waals surface area contributed by atoms with Crippen molar-refractivity contribution < 1.29 is 19.4 Å². The number of ether oxygens (including phenoxy) is 1. The molecular weight excluding hydrogens is 244 g/mol. The zero-order valence-electron chi connectivity index (χ0n) is 11.8. The van der Waals surface area contributed by atoms with E-state index in [0.29, 0.717) is 18.4 Å². The summed E-state index contributed by atoms with van der Waals surface area (Å²) in [6.45, 7) is 7.74. The van der Waals surface area contributed by atoms with Crippen LogP contribution in [0.4, 0.5) is 0 Å². The topological polar surface area (TPSA) is 66.9 Å². The SMILES string of the molecule is CC(C=CC12OC1(C)CC(=O)CC2(C)C)=CC(=O)O. The molecule has 4 nitrogen and oxygen atoms in total. The summed E-state index contributed by atoms with van der Waals surface area (Å²) in [5.41, 5.74) is -0.503. The maximum Gasteiger partial charge on any atom is 0.328 e. The monoisotopic (exact) mass is 264 g/mol. The minimum Gasteiger partial charge on any atom is -0.478 e. The van der Waals surface area contributed by atoms with E-state index in [1.165, 1.54) is 0 Å². The van der Waals surface area contributed by atoms with Gasteiger partial charge in [-0.15, -0.1) is 0 Å². The molecule has 2 rings (SSSR count). The number of carboxylic acids is 1. The van der Waals surface area contributed by atoms with Crippen LogP contribution in [0, 0.1) is 5.41 Å². The minimum atomic E-state index is -0.961. The number of Topliss-reactive ketones (excluding diaryl/α,β-unsaturated/α-hetero) is 1. The highest BCUT2D eigenvalue weighted by Gasteiger charge is 2.74. The molecule has 19 heavy (non-hydrogen) atoms. The summed E-state index contributed by atoms with van der Waals surface area (Å²) in [5.74, 6) is -0.732. The van der Waals surface area contributed by atoms with E-state index in [0.717, 1.165) is 6.08 Å². The highest BCUT2D eigenvalue weighted by Crippen LogP contribution is 2.65. The average molecular weight is 264 g/mol. The van der Waals surface area contributed by atoms with E-state index < -0.39 is 17.2 Å². The minimum absolute atomic E-state index is 0.229. The van der Waals surface area contributed by atoms with Gasteiger partial charge in [-0.25, -0.2) is 4.79 Å². The van der Waals surface area contributed by atoms with E-state index in [1.54, 1.807) is 13.0 Å². The fraction of sp³-hybridized carbons (Fsp3) is 0.600. The van der Waals surface area contributed by atoms with Crippen LogP contribution in [0.5, 0.6) is 0 Å². The third-order valence-electron chi connectivity index (χ3n) is 4.24. The van der Waals surface area contributed by atoms with Gasteiger partial charge in [-0.1, -0.05) is 19.9 Å². The van der Waals surface area contributed by atoms with Gasteiger partial charge in [-0.2, -0.15) is 0 Å². The normalized spacial score (nSPS) is 37.3. The molecule has 104 valence electrons. The number of carbonyl (C=O) groups is 2. The molecule has 1 aliphatic heterocycles. The van der Waals surface area contributed by atoms with E-state index in [9.17, 15) is 9.59 Å². The summed E-state index contributed by atoms with van der Waals surface area (Å²) in [5, 5.41) is 8.70. The Morgan fingerprint density at radius 2 is 1.95 bits per heavy atom. The summed E-state index contributed by atoms with van der Waals surface area (Å²) >= 11 is 0. The molecule has 0 bridgehead atoms. The number of hydrogen-bond acceptors (Lipinski definition) is 3. The third-order valence-corrected chi connectivity index (χ3v) is 4.24. The third kappa shape index (κ3) is 2.14. The van der Waals surface area contributed by atoms with Gasteiger partial charge in [0.2, 0.25) is 0 Å². The van der Waals surface area contributed by atoms with Crippen molar-refractivity contribution in [2.45, 2.75) is 51.7 Å². The standard InChI is InChI=1S/C15H20O4/c1-10(7-12(17)18)5-6-15-13(2,3)8-11(16)9-14(15,4)19-15/h5-7H,8-9H2,1-4H3,(H,17,18). The first kappa shape index (κ1) is 14.0. The van der Waals surface area contributed by atoms with Crippen LogP contribution in [0.2, 0.25) is 0 Å². The molecule has 2 atom stereocenters. The second kappa shape index (κ2) is 4.04. The molecule has 1 aliphatic carbocycles. The van der Waals surface area contributed by atoms with Gasteiger partial charge in [0.1, 0.15) is 17.0 Å². The van der Waals surface area contributed by atoms with E-state index in [1.807, 2.05) is 26.8 Å². The molecule has 1 saturated heterocycles. The van der Waals surface area contributed by atoms with Crippen LogP contribution >= 0.6 is 0 Å². The molecule has 0 spiro atoms. The van der Waals surface area contributed by atoms with Gasteiger partial charge < -0.3 is 9.84 Å². The molecule has 0 aromatic carbocycles. The van der Waals surface area contributed by atoms with Gasteiger partial charge >= 0.3 is 5.97 Å². The van der Waals surface area contributed by atoms with E-state index in [-0.39, 0.29) is 11.2 Å². The first-order valence-corrected chi connectivity index (χ1v) is 6.44. The second-order valence-corrected chi connectivity index (χ2v) is 6.40. The van der Waals surface area contributed by atoms with E-state index >= 15 is 0 Å². The number of ketones is 1. The number of allylic oxidation sites excluding steroid dienone is 2. The molecule has 1 saturated carbocycles. The van der Waals surface area contributed by atoms with Crippen molar-refractivity contribution in [1.29, 1.82) is 0 Å². The van der Waals surface area contributed by atoms with Crippen LogP contribution in [0.25, 0.3) is 0 Å². The van der Waals surface area contributed by atoms with Crippen molar-refractivity contribution in [3.63, 3.8) is 0 Å². The summed E-state index contributed by atoms with van der Waals surface area (Å²) in [6.07, 6.45) is 5.79. The second-order valence-electron chi connectivity index (χ2n) is 6.40. The zero-order chi connectivity index (χ0) is 14.5. The Morgan fingerprint density at radius 1 is 1.32 bits per heavy atom. The number of carboxylic acid groups (broad SMARTS) is 1. The first-order valence-electron chi connectivity index (χ1n) is 6.44. The Balaban J connectivity index is 2.27. The van der Waals surface area contributed by atoms with Gasteiger partial charge in [0, 0.05) is 24.3 Å². The average Bonchev–Trinajstić information content (AvgIpc) is 2.80. The molecule has 2 fully saturated rings. The number of hydrogen-bond donors (Lipinski definition) is 1. The number of rotatable bonds is 3. The Hall–Kier alpha value is -1.42. The van der Waals surface area contributed by atoms with E-state index in [2.05, 4.69) is 0 Å². The molecule has 0 aromatic heterocycles. The zero-order valence-corrected chi connectivity index (χ0v) is 11.8. The molecule has 1 N–H and O–H groups in total. The summed E-state index contributed by atoms with van der Waals surface area (Å²) in [4.78, 5) is 22.4. The highest BCUT2D eigenvalue weighted by molar-refractivity contribution is 5.83. The predicted molar refractivity (Wildman–Crippen MR) is 70.8 cm³/mol. The lowest BCUT2D eigenvalue weighted by Crippen LogP contribution is -2.44. The summed E-state index contributed by atoms with van der Waals surface area (Å²) in [6, 6.07) is 0. The maximum absolute atomic E-state index is 11.8. The van der Waals surface area contributed by atoms with Crippen molar-refractivity contribution in [3.8, 4) is 0 Å². The molecule has 2 unspecified atom stereocenters. The molecule has 0 aromatic rings. The van der Waals surface area contributed by atoms with Gasteiger partial charge in [0.25, 0.3) is 0 Å². The Morgan fingerprint density at radius 3 is 2.47 bits per heavy atom. The molecule has 2 aliphatic rings. The summed E-state index contributed by atoms with van der Waals surface area (Å²) < 4.78 is 5.91. The van der Waals surface area contributed by atoms with Crippen LogP contribution < -0.4 is 0 Å². The first-order chi connectivity index (χ1) is 8.62. The van der Waals surface area contributed by atoms with Crippen LogP contribution in [0.3, 0.4) is 0 Å². The van der Waals surface area contributed by atoms with Crippen LogP contribution in [-0.4, -0.2) is 28.1 Å². The number of epoxide rings is 1. The molecule has 0 amide bonds. The van der Waals surface area contributed by atoms with Crippen molar-refractivity contribution in [3.05, 3.63) is 23.8 Å². The Kier molecular flexibility index (Phi) is 2.97. The molecule has 4 heteroatoms. The fourth-order valence-corrected chi connectivity index (χ4v) is 3.34. The maximum atomic E-state index is 11.8. The van der Waals surface area contributed by atoms with Crippen molar-refractivity contribution >= 4 is 11.8 Å². The lowest BCUT2D eigenvalue weighted by molar-refractivity contribution is -0.131. The lowest BCUT2D eigenvalue weighted by atomic mass is 9.63. The number of fused-ring (bicyclic) bond motifs is 1. The van der Waals surface area contributed by atoms with Gasteiger partial charge in [0.05, 0.1) is 0 Å². The number of carbonyl (C=O) groups excluding carboxylic acids is 1. The van der Waals surface area contributed by atoms with Crippen molar-refractivity contribution in [2.75, 3.05) is 0 Å². The van der Waals surface area contributed by atoms with Gasteiger partial charge in [-0.3, -0.25) is 4.79 Å². The summed E-state index contributed by atoms with van der Waals surface area (Å²) in [7, 11) is 0. The van der Waals surface area contributed by atoms with Crippen LogP contribution in [0.15, 0.2) is 23.8 Å². The quantitative estimate of drug-likeness (QED) is 0.483. The highest BCUT2D eigenvalue weighted by atomic mass is 16.6. The Labute approximate surface area is 113 Å². The Bertz CT molecular complexity index is 500. The van der Waals surface area contributed by atoms with Crippen LogP contribution in [0.1, 0.15) is 40.5 Å². The predicted octanol–water partition coefficient (Wildman–Crippen LogP) is 2.49. The van der Waals surface area contributed by atoms with Gasteiger partial charge in [-0.05, 0) is 25.5 Å². The van der Waals surface area contributed by atoms with E-state index in [4.69, 9.17) is 9.84 Å². The van der Waals surface area contributed by atoms with Crippen LogP contribution in [-0.2, 0) is 14.3 Å². The van der Waals surface area contributed by atoms with Crippen molar-refractivity contribution in [1.82, 2.24) is 0 Å². The fourth-order valence-electron chi connectivity index (χ4n) is 3.34. The molecular formula is C15H20O4. The number of aliphatic carboxylic acids is 1. The van der Waals surface area contributed by atoms with Crippen molar-refractivity contribution in [2.24, 2.45) is 5.41 Å². The molecule has 1 heterocycles. The largest absolute Gasteiger partial charge is 0.478 e. The smallest absolute Gasteiger partial charge is 0.328 e. The van der Waals surface area contributed by atoms with Gasteiger partial charge in [0.15, 0.2) is 0 Å².